The highest BCUT2D eigenvalue weighted by molar-refractivity contribution is 5.96. The van der Waals surface area contributed by atoms with E-state index in [0.717, 1.165) is 30.6 Å². The summed E-state index contributed by atoms with van der Waals surface area (Å²) in [5.41, 5.74) is 2.56. The maximum absolute atomic E-state index is 12.1. The zero-order chi connectivity index (χ0) is 17.6. The monoisotopic (exact) mass is 338 g/mol. The second-order valence-corrected chi connectivity index (χ2v) is 6.21. The molecule has 0 unspecified atom stereocenters. The maximum Gasteiger partial charge on any atom is 0.262 e. The number of ether oxygens (including phenoxy) is 1. The van der Waals surface area contributed by atoms with Gasteiger partial charge in [-0.15, -0.1) is 0 Å². The predicted molar refractivity (Wildman–Crippen MR) is 97.9 cm³/mol. The van der Waals surface area contributed by atoms with Crippen molar-refractivity contribution in [3.8, 4) is 5.75 Å². The number of nitrogens with zero attached hydrogens (tertiary/aromatic N) is 1. The number of benzene rings is 2. The summed E-state index contributed by atoms with van der Waals surface area (Å²) in [7, 11) is 0. The lowest BCUT2D eigenvalue weighted by molar-refractivity contribution is -0.119. The summed E-state index contributed by atoms with van der Waals surface area (Å²) >= 11 is 0. The minimum Gasteiger partial charge on any atom is -0.484 e. The molecule has 0 atom stereocenters. The molecule has 0 saturated carbocycles. The van der Waals surface area contributed by atoms with E-state index < -0.39 is 0 Å². The van der Waals surface area contributed by atoms with E-state index in [-0.39, 0.29) is 18.4 Å². The maximum atomic E-state index is 12.1. The van der Waals surface area contributed by atoms with Crippen LogP contribution in [0.3, 0.4) is 0 Å². The molecular weight excluding hydrogens is 316 g/mol. The quantitative estimate of drug-likeness (QED) is 0.907. The molecule has 0 aliphatic carbocycles. The molecule has 0 spiro atoms. The summed E-state index contributed by atoms with van der Waals surface area (Å²) in [5.74, 6) is 0.573. The molecule has 2 aromatic carbocycles. The zero-order valence-electron chi connectivity index (χ0n) is 14.3. The molecule has 0 bridgehead atoms. The summed E-state index contributed by atoms with van der Waals surface area (Å²) in [6.07, 6.45) is 2.54. The van der Waals surface area contributed by atoms with Crippen molar-refractivity contribution in [1.82, 2.24) is 0 Å². The molecule has 5 nitrogen and oxygen atoms in total. The number of piperidine rings is 1. The molecule has 2 aromatic rings. The fourth-order valence-electron chi connectivity index (χ4n) is 2.88. The first kappa shape index (κ1) is 17.0. The lowest BCUT2D eigenvalue weighted by Crippen LogP contribution is -2.35. The summed E-state index contributed by atoms with van der Waals surface area (Å²) in [5, 5.41) is 2.82. The molecule has 1 fully saturated rings. The zero-order valence-corrected chi connectivity index (χ0v) is 14.3. The van der Waals surface area contributed by atoms with E-state index in [9.17, 15) is 9.59 Å². The second kappa shape index (κ2) is 7.83. The van der Waals surface area contributed by atoms with Gasteiger partial charge in [0, 0.05) is 24.3 Å². The molecule has 1 heterocycles. The topological polar surface area (TPSA) is 58.6 Å². The third-order valence-corrected chi connectivity index (χ3v) is 4.12. The van der Waals surface area contributed by atoms with Crippen LogP contribution in [0.4, 0.5) is 11.4 Å². The van der Waals surface area contributed by atoms with Crippen LogP contribution in [0.5, 0.6) is 5.75 Å². The first-order chi connectivity index (χ1) is 12.1. The van der Waals surface area contributed by atoms with E-state index in [1.807, 2.05) is 55.5 Å². The van der Waals surface area contributed by atoms with Crippen LogP contribution in [-0.4, -0.2) is 25.0 Å². The largest absolute Gasteiger partial charge is 0.484 e. The van der Waals surface area contributed by atoms with Gasteiger partial charge in [-0.1, -0.05) is 18.2 Å². The van der Waals surface area contributed by atoms with Gasteiger partial charge in [0.05, 0.1) is 0 Å². The Morgan fingerprint density at radius 3 is 2.80 bits per heavy atom. The van der Waals surface area contributed by atoms with Gasteiger partial charge in [-0.3, -0.25) is 9.59 Å². The Bertz CT molecular complexity index is 773. The van der Waals surface area contributed by atoms with Crippen LogP contribution in [0.15, 0.2) is 48.5 Å². The van der Waals surface area contributed by atoms with Crippen molar-refractivity contribution >= 4 is 23.2 Å². The number of rotatable bonds is 5. The molecule has 3 rings (SSSR count). The Labute approximate surface area is 147 Å². The summed E-state index contributed by atoms with van der Waals surface area (Å²) in [6, 6.07) is 14.9. The summed E-state index contributed by atoms with van der Waals surface area (Å²) in [4.78, 5) is 25.9. The fourth-order valence-corrected chi connectivity index (χ4v) is 2.88. The molecule has 130 valence electrons. The number of hydrogen-bond donors (Lipinski definition) is 1. The van der Waals surface area contributed by atoms with Crippen LogP contribution in [0.1, 0.15) is 24.8 Å². The van der Waals surface area contributed by atoms with Crippen LogP contribution in [-0.2, 0) is 9.59 Å². The van der Waals surface area contributed by atoms with Crippen molar-refractivity contribution in [3.63, 3.8) is 0 Å². The highest BCUT2D eigenvalue weighted by atomic mass is 16.5. The Hall–Kier alpha value is -2.82. The Kier molecular flexibility index (Phi) is 5.33. The van der Waals surface area contributed by atoms with E-state index in [1.165, 1.54) is 0 Å². The van der Waals surface area contributed by atoms with Gasteiger partial charge in [-0.05, 0) is 55.7 Å². The van der Waals surface area contributed by atoms with Gasteiger partial charge in [0.25, 0.3) is 5.91 Å². The van der Waals surface area contributed by atoms with E-state index in [1.54, 1.807) is 4.90 Å². The first-order valence-corrected chi connectivity index (χ1v) is 8.51. The van der Waals surface area contributed by atoms with E-state index in [4.69, 9.17) is 4.74 Å². The highest BCUT2D eigenvalue weighted by Gasteiger charge is 2.19. The molecule has 1 aliphatic rings. The fraction of sp³-hybridized carbons (Fsp3) is 0.300. The van der Waals surface area contributed by atoms with Crippen molar-refractivity contribution in [1.29, 1.82) is 0 Å². The van der Waals surface area contributed by atoms with Crippen LogP contribution in [0.25, 0.3) is 0 Å². The van der Waals surface area contributed by atoms with Crippen LogP contribution in [0, 0.1) is 6.92 Å². The molecule has 0 radical (unpaired) electrons. The summed E-state index contributed by atoms with van der Waals surface area (Å²) in [6.45, 7) is 2.64. The van der Waals surface area contributed by atoms with E-state index >= 15 is 0 Å². The van der Waals surface area contributed by atoms with Crippen molar-refractivity contribution in [2.75, 3.05) is 23.4 Å². The van der Waals surface area contributed by atoms with Gasteiger partial charge in [-0.25, -0.2) is 0 Å². The molecule has 1 aliphatic heterocycles. The highest BCUT2D eigenvalue weighted by Crippen LogP contribution is 2.24. The van der Waals surface area contributed by atoms with Gasteiger partial charge in [-0.2, -0.15) is 0 Å². The van der Waals surface area contributed by atoms with E-state index in [2.05, 4.69) is 5.32 Å². The number of carbonyl (C=O) groups is 2. The number of anilines is 2. The molecule has 1 N–H and O–H groups in total. The molecular formula is C20H22N2O3. The lowest BCUT2D eigenvalue weighted by Gasteiger charge is -2.27. The van der Waals surface area contributed by atoms with Gasteiger partial charge < -0.3 is 15.0 Å². The second-order valence-electron chi connectivity index (χ2n) is 6.21. The van der Waals surface area contributed by atoms with Crippen molar-refractivity contribution in [2.24, 2.45) is 0 Å². The minimum atomic E-state index is -0.233. The van der Waals surface area contributed by atoms with Crippen LogP contribution < -0.4 is 15.0 Å². The van der Waals surface area contributed by atoms with Gasteiger partial charge in [0.1, 0.15) is 5.75 Å². The van der Waals surface area contributed by atoms with Crippen molar-refractivity contribution in [3.05, 3.63) is 54.1 Å². The molecule has 0 aromatic heterocycles. The number of aryl methyl sites for hydroxylation is 1. The molecule has 2 amide bonds. The number of hydrogen-bond acceptors (Lipinski definition) is 3. The van der Waals surface area contributed by atoms with Gasteiger partial charge in [0.2, 0.25) is 5.91 Å². The Morgan fingerprint density at radius 2 is 2.00 bits per heavy atom. The smallest absolute Gasteiger partial charge is 0.262 e. The molecule has 25 heavy (non-hydrogen) atoms. The van der Waals surface area contributed by atoms with Gasteiger partial charge >= 0.3 is 0 Å². The third kappa shape index (κ3) is 4.59. The number of amides is 2. The molecule has 1 saturated heterocycles. The van der Waals surface area contributed by atoms with Gasteiger partial charge in [0.15, 0.2) is 6.61 Å². The third-order valence-electron chi connectivity index (χ3n) is 4.12. The Morgan fingerprint density at radius 1 is 1.16 bits per heavy atom. The van der Waals surface area contributed by atoms with Crippen LogP contribution >= 0.6 is 0 Å². The number of nitrogens with one attached hydrogen (secondary N) is 1. The SMILES string of the molecule is Cc1cccc(OCC(=O)Nc2cccc(N3CCCCC3=O)c2)c1. The van der Waals surface area contributed by atoms with E-state index in [0.29, 0.717) is 17.9 Å². The number of carbonyl (C=O) groups excluding carboxylic acids is 2. The first-order valence-electron chi connectivity index (χ1n) is 8.51. The Balaban J connectivity index is 1.59. The minimum absolute atomic E-state index is 0.0592. The summed E-state index contributed by atoms with van der Waals surface area (Å²) < 4.78 is 5.51. The molecule has 5 heteroatoms. The predicted octanol–water partition coefficient (Wildman–Crippen LogP) is 3.53. The van der Waals surface area contributed by atoms with Crippen LogP contribution in [0.2, 0.25) is 0 Å². The average Bonchev–Trinajstić information content (AvgIpc) is 2.61. The van der Waals surface area contributed by atoms with Crippen molar-refractivity contribution < 1.29 is 14.3 Å². The standard InChI is InChI=1S/C20H22N2O3/c1-15-6-4-9-18(12-15)25-14-19(23)21-16-7-5-8-17(13-16)22-11-3-2-10-20(22)24/h4-9,12-13H,2-3,10-11,14H2,1H3,(H,21,23). The normalized spacial score (nSPS) is 14.3. The lowest BCUT2D eigenvalue weighted by atomic mass is 10.1. The van der Waals surface area contributed by atoms with Crippen molar-refractivity contribution in [2.45, 2.75) is 26.2 Å². The average molecular weight is 338 g/mol.